The highest BCUT2D eigenvalue weighted by Gasteiger charge is 2.21. The number of aromatic amines is 1. The van der Waals surface area contributed by atoms with E-state index in [0.717, 1.165) is 70.3 Å². The second-order valence-corrected chi connectivity index (χ2v) is 8.79. The lowest BCUT2D eigenvalue weighted by Gasteiger charge is -2.09. The van der Waals surface area contributed by atoms with Gasteiger partial charge in [-0.2, -0.15) is 0 Å². The summed E-state index contributed by atoms with van der Waals surface area (Å²) in [4.78, 5) is 14.1. The summed E-state index contributed by atoms with van der Waals surface area (Å²) in [6.07, 6.45) is 5.19. The molecule has 0 unspecified atom stereocenters. The normalized spacial score (nSPS) is 14.0. The van der Waals surface area contributed by atoms with Gasteiger partial charge in [0.1, 0.15) is 24.7 Å². The van der Waals surface area contributed by atoms with Crippen LogP contribution in [0.5, 0.6) is 5.75 Å². The lowest BCUT2D eigenvalue weighted by atomic mass is 10.0. The average molecular weight is 455 g/mol. The SMILES string of the molecule is C[NH+](C)CCOc1ccc(-c2nc(-c3ccc4c(c3)CC/C4=N/O)c(-c3ccncc3)[nH]2)cc1. The first kappa shape index (κ1) is 21.9. The molecule has 2 heterocycles. The van der Waals surface area contributed by atoms with Crippen LogP contribution in [0.4, 0.5) is 0 Å². The quantitative estimate of drug-likeness (QED) is 0.295. The Labute approximate surface area is 198 Å². The second-order valence-electron chi connectivity index (χ2n) is 8.79. The summed E-state index contributed by atoms with van der Waals surface area (Å²) in [5.41, 5.74) is 7.80. The van der Waals surface area contributed by atoms with Crippen molar-refractivity contribution in [3.63, 3.8) is 0 Å². The molecule has 0 bridgehead atoms. The molecule has 0 aliphatic heterocycles. The number of nitrogens with zero attached hydrogens (tertiary/aromatic N) is 3. The molecule has 0 atom stereocenters. The van der Waals surface area contributed by atoms with Crippen molar-refractivity contribution in [3.8, 4) is 39.7 Å². The monoisotopic (exact) mass is 454 g/mol. The van der Waals surface area contributed by atoms with Gasteiger partial charge in [0.15, 0.2) is 0 Å². The molecule has 0 saturated heterocycles. The maximum Gasteiger partial charge on any atom is 0.138 e. The van der Waals surface area contributed by atoms with E-state index in [-0.39, 0.29) is 0 Å². The van der Waals surface area contributed by atoms with E-state index in [1.165, 1.54) is 10.5 Å². The number of imidazole rings is 1. The first-order valence-corrected chi connectivity index (χ1v) is 11.5. The Morgan fingerprint density at radius 2 is 1.74 bits per heavy atom. The number of rotatable bonds is 7. The summed E-state index contributed by atoms with van der Waals surface area (Å²) in [5, 5.41) is 12.7. The van der Waals surface area contributed by atoms with Crippen LogP contribution >= 0.6 is 0 Å². The third kappa shape index (κ3) is 4.43. The second kappa shape index (κ2) is 9.49. The van der Waals surface area contributed by atoms with Crippen LogP contribution in [0.15, 0.2) is 72.1 Å². The molecule has 7 heteroatoms. The maximum absolute atomic E-state index is 9.27. The molecule has 0 spiro atoms. The van der Waals surface area contributed by atoms with Gasteiger partial charge in [0.05, 0.1) is 31.2 Å². The molecule has 3 N–H and O–H groups in total. The summed E-state index contributed by atoms with van der Waals surface area (Å²) in [7, 11) is 4.23. The fourth-order valence-corrected chi connectivity index (χ4v) is 4.25. The van der Waals surface area contributed by atoms with Crippen LogP contribution in [0, 0.1) is 0 Å². The molecule has 172 valence electrons. The highest BCUT2D eigenvalue weighted by Crippen LogP contribution is 2.35. The fourth-order valence-electron chi connectivity index (χ4n) is 4.25. The number of hydrogen-bond donors (Lipinski definition) is 3. The molecule has 34 heavy (non-hydrogen) atoms. The van der Waals surface area contributed by atoms with E-state index in [9.17, 15) is 5.21 Å². The third-order valence-electron chi connectivity index (χ3n) is 6.11. The average Bonchev–Trinajstić information content (AvgIpc) is 3.49. The minimum Gasteiger partial charge on any atom is -0.488 e. The number of quaternary nitrogens is 1. The van der Waals surface area contributed by atoms with Gasteiger partial charge in [0.2, 0.25) is 0 Å². The number of likely N-dealkylation sites (N-methyl/N-ethyl adjacent to an activating group) is 1. The van der Waals surface area contributed by atoms with E-state index in [1.54, 1.807) is 12.4 Å². The Bertz CT molecular complexity index is 1310. The van der Waals surface area contributed by atoms with Crippen molar-refractivity contribution in [1.29, 1.82) is 0 Å². The van der Waals surface area contributed by atoms with Crippen LogP contribution in [0.25, 0.3) is 33.9 Å². The first-order valence-electron chi connectivity index (χ1n) is 11.5. The smallest absolute Gasteiger partial charge is 0.138 e. The van der Waals surface area contributed by atoms with Crippen LogP contribution in [-0.4, -0.2) is 53.1 Å². The van der Waals surface area contributed by atoms with Crippen LogP contribution in [0.3, 0.4) is 0 Å². The van der Waals surface area contributed by atoms with Crippen molar-refractivity contribution in [2.24, 2.45) is 5.16 Å². The summed E-state index contributed by atoms with van der Waals surface area (Å²) < 4.78 is 5.85. The van der Waals surface area contributed by atoms with E-state index < -0.39 is 0 Å². The zero-order valence-electron chi connectivity index (χ0n) is 19.4. The van der Waals surface area contributed by atoms with Gasteiger partial charge >= 0.3 is 0 Å². The number of pyridine rings is 1. The van der Waals surface area contributed by atoms with Gasteiger partial charge in [0.25, 0.3) is 0 Å². The summed E-state index contributed by atoms with van der Waals surface area (Å²) in [5.74, 6) is 1.65. The molecular formula is C27H28N5O2+. The Kier molecular flexibility index (Phi) is 6.10. The molecule has 1 aliphatic rings. The van der Waals surface area contributed by atoms with Gasteiger partial charge in [-0.05, 0) is 60.9 Å². The van der Waals surface area contributed by atoms with Crippen LogP contribution in [0.1, 0.15) is 17.5 Å². The first-order chi connectivity index (χ1) is 16.6. The molecular weight excluding hydrogens is 426 g/mol. The van der Waals surface area contributed by atoms with E-state index >= 15 is 0 Å². The summed E-state index contributed by atoms with van der Waals surface area (Å²) in [6.45, 7) is 1.63. The predicted octanol–water partition coefficient (Wildman–Crippen LogP) is 3.45. The number of ether oxygens (including phenoxy) is 1. The Morgan fingerprint density at radius 3 is 2.47 bits per heavy atom. The van der Waals surface area contributed by atoms with Crippen molar-refractivity contribution >= 4 is 5.71 Å². The molecule has 0 fully saturated rings. The van der Waals surface area contributed by atoms with E-state index in [4.69, 9.17) is 9.72 Å². The van der Waals surface area contributed by atoms with Crippen molar-refractivity contribution < 1.29 is 14.8 Å². The largest absolute Gasteiger partial charge is 0.488 e. The van der Waals surface area contributed by atoms with Crippen LogP contribution in [-0.2, 0) is 6.42 Å². The van der Waals surface area contributed by atoms with Crippen LogP contribution in [0.2, 0.25) is 0 Å². The Hall–Kier alpha value is -3.97. The summed E-state index contributed by atoms with van der Waals surface area (Å²) in [6, 6.07) is 18.2. The topological polar surface area (TPSA) is 87.8 Å². The van der Waals surface area contributed by atoms with Crippen molar-refractivity contribution in [2.75, 3.05) is 27.2 Å². The molecule has 2 aromatic heterocycles. The number of aryl methyl sites for hydroxylation is 1. The van der Waals surface area contributed by atoms with E-state index in [1.807, 2.05) is 48.5 Å². The van der Waals surface area contributed by atoms with E-state index in [0.29, 0.717) is 6.61 Å². The van der Waals surface area contributed by atoms with Gasteiger partial charge in [-0.25, -0.2) is 4.98 Å². The van der Waals surface area contributed by atoms with Gasteiger partial charge in [-0.1, -0.05) is 17.3 Å². The minimum atomic E-state index is 0.680. The van der Waals surface area contributed by atoms with Crippen LogP contribution < -0.4 is 9.64 Å². The number of nitrogens with one attached hydrogen (secondary N) is 2. The molecule has 4 aromatic rings. The number of H-pyrrole nitrogens is 1. The lowest BCUT2D eigenvalue weighted by Crippen LogP contribution is -3.06. The van der Waals surface area contributed by atoms with Gasteiger partial charge in [-0.3, -0.25) is 4.98 Å². The number of fused-ring (bicyclic) bond motifs is 1. The van der Waals surface area contributed by atoms with Gasteiger partial charge < -0.3 is 19.8 Å². The Balaban J connectivity index is 1.50. The molecule has 5 rings (SSSR count). The molecule has 1 aliphatic carbocycles. The standard InChI is InChI=1S/C27H27N5O2/c1-32(2)15-16-34-22-7-3-19(4-8-22)27-29-25(18-11-13-28-14-12-18)26(30-27)21-5-9-23-20(17-21)6-10-24(23)31-33/h3-5,7-9,11-14,17,33H,6,10,15-16H2,1-2H3,(H,29,30)/p+1/b31-24-. The third-order valence-corrected chi connectivity index (χ3v) is 6.11. The van der Waals surface area contributed by atoms with Crippen molar-refractivity contribution in [2.45, 2.75) is 12.8 Å². The maximum atomic E-state index is 9.27. The Morgan fingerprint density at radius 1 is 0.971 bits per heavy atom. The number of oxime groups is 1. The lowest BCUT2D eigenvalue weighted by molar-refractivity contribution is -0.858. The van der Waals surface area contributed by atoms with E-state index in [2.05, 4.69) is 35.3 Å². The zero-order valence-corrected chi connectivity index (χ0v) is 19.4. The van der Waals surface area contributed by atoms with Gasteiger partial charge in [0, 0.05) is 34.6 Å². The molecule has 2 aromatic carbocycles. The van der Waals surface area contributed by atoms with Gasteiger partial charge in [-0.15, -0.1) is 0 Å². The number of aromatic nitrogens is 3. The molecule has 0 radical (unpaired) electrons. The highest BCUT2D eigenvalue weighted by atomic mass is 16.5. The predicted molar refractivity (Wildman–Crippen MR) is 133 cm³/mol. The van der Waals surface area contributed by atoms with Crippen molar-refractivity contribution in [1.82, 2.24) is 15.0 Å². The molecule has 7 nitrogen and oxygen atoms in total. The number of benzene rings is 2. The number of hydrogen-bond acceptors (Lipinski definition) is 5. The highest BCUT2D eigenvalue weighted by molar-refractivity contribution is 6.04. The minimum absolute atomic E-state index is 0.680. The summed E-state index contributed by atoms with van der Waals surface area (Å²) >= 11 is 0. The zero-order chi connectivity index (χ0) is 23.5. The van der Waals surface area contributed by atoms with Crippen molar-refractivity contribution in [3.05, 3.63) is 78.1 Å². The fraction of sp³-hybridized carbons (Fsp3) is 0.222. The molecule has 0 saturated carbocycles. The molecule has 0 amide bonds.